The molecule has 8 nitrogen and oxygen atoms in total. The van der Waals surface area contributed by atoms with Crippen molar-refractivity contribution in [3.8, 4) is 0 Å². The molecule has 0 unspecified atom stereocenters. The van der Waals surface area contributed by atoms with Gasteiger partial charge in [0.05, 0.1) is 30.7 Å². The molecule has 0 saturated carbocycles. The quantitative estimate of drug-likeness (QED) is 0.847. The van der Waals surface area contributed by atoms with E-state index in [1.54, 1.807) is 31.9 Å². The van der Waals surface area contributed by atoms with Crippen LogP contribution in [0.4, 0.5) is 10.5 Å². The number of esters is 1. The molecule has 2 amide bonds. The molecular weight excluding hydrogens is 312 g/mol. The summed E-state index contributed by atoms with van der Waals surface area (Å²) in [6.07, 6.45) is 3.16. The predicted molar refractivity (Wildman–Crippen MR) is 88.8 cm³/mol. The number of urea groups is 1. The summed E-state index contributed by atoms with van der Waals surface area (Å²) in [5.41, 5.74) is -0.412. The minimum absolute atomic E-state index is 0.00460. The molecule has 1 aromatic rings. The van der Waals surface area contributed by atoms with Gasteiger partial charge in [-0.25, -0.2) is 9.59 Å². The van der Waals surface area contributed by atoms with Gasteiger partial charge in [0.25, 0.3) is 0 Å². The number of carbonyl (C=O) groups excluding carboxylic acids is 2. The van der Waals surface area contributed by atoms with Gasteiger partial charge in [-0.1, -0.05) is 0 Å². The zero-order valence-corrected chi connectivity index (χ0v) is 14.9. The lowest BCUT2D eigenvalue weighted by Crippen LogP contribution is -2.49. The Morgan fingerprint density at radius 3 is 2.58 bits per heavy atom. The Balaban J connectivity index is 2.03. The van der Waals surface area contributed by atoms with Crippen LogP contribution in [-0.2, 0) is 19.8 Å². The standard InChI is InChI=1S/C16H26N4O4/c1-6-23-14(21)16(4,5)20-10-13(7-17-20)18-15(22)19-8-11(2)24-12(3)9-19/h7,10-12H,6,8-9H2,1-5H3,(H,18,22)/t11-,12+. The van der Waals surface area contributed by atoms with Crippen molar-refractivity contribution in [2.75, 3.05) is 25.0 Å². The van der Waals surface area contributed by atoms with Crippen LogP contribution in [0.2, 0.25) is 0 Å². The van der Waals surface area contributed by atoms with Gasteiger partial charge in [-0.3, -0.25) is 4.68 Å². The lowest BCUT2D eigenvalue weighted by Gasteiger charge is -2.35. The number of hydrogen-bond donors (Lipinski definition) is 1. The molecule has 0 radical (unpaired) electrons. The van der Waals surface area contributed by atoms with Gasteiger partial charge < -0.3 is 19.7 Å². The number of morpholine rings is 1. The molecule has 1 saturated heterocycles. The molecule has 2 atom stereocenters. The highest BCUT2D eigenvalue weighted by Gasteiger charge is 2.32. The summed E-state index contributed by atoms with van der Waals surface area (Å²) in [6, 6.07) is -0.203. The summed E-state index contributed by atoms with van der Waals surface area (Å²) in [5, 5.41) is 6.99. The van der Waals surface area contributed by atoms with E-state index in [1.165, 1.54) is 10.9 Å². The Morgan fingerprint density at radius 1 is 1.38 bits per heavy atom. The van der Waals surface area contributed by atoms with Crippen molar-refractivity contribution in [1.29, 1.82) is 0 Å². The summed E-state index contributed by atoms with van der Waals surface area (Å²) in [5.74, 6) is -0.373. The summed E-state index contributed by atoms with van der Waals surface area (Å²) < 4.78 is 12.2. The van der Waals surface area contributed by atoms with Crippen molar-refractivity contribution in [2.45, 2.75) is 52.4 Å². The number of aromatic nitrogens is 2. The van der Waals surface area contributed by atoms with Crippen molar-refractivity contribution in [3.63, 3.8) is 0 Å². The topological polar surface area (TPSA) is 85.7 Å². The van der Waals surface area contributed by atoms with E-state index in [0.717, 1.165) is 0 Å². The smallest absolute Gasteiger partial charge is 0.333 e. The summed E-state index contributed by atoms with van der Waals surface area (Å²) >= 11 is 0. The zero-order chi connectivity index (χ0) is 17.9. The maximum absolute atomic E-state index is 12.4. The summed E-state index contributed by atoms with van der Waals surface area (Å²) in [6.45, 7) is 10.5. The van der Waals surface area contributed by atoms with E-state index < -0.39 is 5.54 Å². The molecule has 134 valence electrons. The van der Waals surface area contributed by atoms with Crippen molar-refractivity contribution in [2.24, 2.45) is 0 Å². The van der Waals surface area contributed by atoms with Crippen molar-refractivity contribution in [1.82, 2.24) is 14.7 Å². The van der Waals surface area contributed by atoms with E-state index in [0.29, 0.717) is 25.4 Å². The molecule has 0 aromatic carbocycles. The maximum atomic E-state index is 12.4. The minimum atomic E-state index is -0.943. The highest BCUT2D eigenvalue weighted by molar-refractivity contribution is 5.89. The highest BCUT2D eigenvalue weighted by atomic mass is 16.5. The SMILES string of the molecule is CCOC(=O)C(C)(C)n1cc(NC(=O)N2C[C@@H](C)O[C@@H](C)C2)cn1. The van der Waals surface area contributed by atoms with E-state index in [2.05, 4.69) is 10.4 Å². The van der Waals surface area contributed by atoms with E-state index >= 15 is 0 Å². The number of hydrogen-bond acceptors (Lipinski definition) is 5. The van der Waals surface area contributed by atoms with Gasteiger partial charge in [0, 0.05) is 19.3 Å². The molecular formula is C16H26N4O4. The molecule has 8 heteroatoms. The molecule has 0 bridgehead atoms. The normalized spacial score (nSPS) is 21.5. The zero-order valence-electron chi connectivity index (χ0n) is 14.9. The maximum Gasteiger partial charge on any atom is 0.333 e. The lowest BCUT2D eigenvalue weighted by molar-refractivity contribution is -0.152. The molecule has 2 heterocycles. The molecule has 0 spiro atoms. The molecule has 1 fully saturated rings. The van der Waals surface area contributed by atoms with Crippen LogP contribution in [0.15, 0.2) is 12.4 Å². The second-order valence-electron chi connectivity index (χ2n) is 6.55. The van der Waals surface area contributed by atoms with Gasteiger partial charge in [-0.2, -0.15) is 5.10 Å². The first-order valence-corrected chi connectivity index (χ1v) is 8.17. The van der Waals surface area contributed by atoms with Crippen LogP contribution >= 0.6 is 0 Å². The van der Waals surface area contributed by atoms with Crippen LogP contribution in [0.25, 0.3) is 0 Å². The van der Waals surface area contributed by atoms with Crippen molar-refractivity contribution < 1.29 is 19.1 Å². The number of amides is 2. The fraction of sp³-hybridized carbons (Fsp3) is 0.688. The number of rotatable bonds is 4. The van der Waals surface area contributed by atoms with Gasteiger partial charge in [-0.05, 0) is 34.6 Å². The average molecular weight is 338 g/mol. The first-order chi connectivity index (χ1) is 11.2. The largest absolute Gasteiger partial charge is 0.464 e. The number of carbonyl (C=O) groups is 2. The summed E-state index contributed by atoms with van der Waals surface area (Å²) in [4.78, 5) is 26.1. The fourth-order valence-electron chi connectivity index (χ4n) is 2.64. The highest BCUT2D eigenvalue weighted by Crippen LogP contribution is 2.19. The van der Waals surface area contributed by atoms with E-state index in [9.17, 15) is 9.59 Å². The predicted octanol–water partition coefficient (Wildman–Crippen LogP) is 1.82. The molecule has 1 aromatic heterocycles. The minimum Gasteiger partial charge on any atom is -0.464 e. The van der Waals surface area contributed by atoms with Gasteiger partial charge >= 0.3 is 12.0 Å². The second kappa shape index (κ2) is 7.21. The van der Waals surface area contributed by atoms with Crippen LogP contribution in [0.1, 0.15) is 34.6 Å². The Hall–Kier alpha value is -2.09. The fourth-order valence-corrected chi connectivity index (χ4v) is 2.64. The third-order valence-corrected chi connectivity index (χ3v) is 3.89. The number of nitrogens with one attached hydrogen (secondary N) is 1. The monoisotopic (exact) mass is 338 g/mol. The number of nitrogens with zero attached hydrogens (tertiary/aromatic N) is 3. The third kappa shape index (κ3) is 4.05. The van der Waals surface area contributed by atoms with E-state index in [-0.39, 0.29) is 24.2 Å². The molecule has 1 aliphatic heterocycles. The Kier molecular flexibility index (Phi) is 5.48. The van der Waals surface area contributed by atoms with Crippen molar-refractivity contribution in [3.05, 3.63) is 12.4 Å². The Morgan fingerprint density at radius 2 is 2.00 bits per heavy atom. The first kappa shape index (κ1) is 18.3. The molecule has 24 heavy (non-hydrogen) atoms. The molecule has 1 aliphatic rings. The Bertz CT molecular complexity index is 589. The second-order valence-corrected chi connectivity index (χ2v) is 6.55. The first-order valence-electron chi connectivity index (χ1n) is 8.17. The molecule has 0 aliphatic carbocycles. The number of ether oxygens (including phenoxy) is 2. The molecule has 1 N–H and O–H groups in total. The van der Waals surface area contributed by atoms with E-state index in [1.807, 2.05) is 13.8 Å². The molecule has 2 rings (SSSR count). The van der Waals surface area contributed by atoms with Gasteiger partial charge in [0.15, 0.2) is 5.54 Å². The average Bonchev–Trinajstić information content (AvgIpc) is 2.95. The number of anilines is 1. The van der Waals surface area contributed by atoms with Crippen LogP contribution in [0.5, 0.6) is 0 Å². The third-order valence-electron chi connectivity index (χ3n) is 3.89. The van der Waals surface area contributed by atoms with Crippen molar-refractivity contribution >= 4 is 17.7 Å². The summed E-state index contributed by atoms with van der Waals surface area (Å²) in [7, 11) is 0. The van der Waals surface area contributed by atoms with Gasteiger partial charge in [0.1, 0.15) is 0 Å². The Labute approximate surface area is 142 Å². The van der Waals surface area contributed by atoms with Crippen LogP contribution in [-0.4, -0.2) is 58.6 Å². The lowest BCUT2D eigenvalue weighted by atomic mass is 10.1. The van der Waals surface area contributed by atoms with Crippen LogP contribution in [0, 0.1) is 0 Å². The van der Waals surface area contributed by atoms with Gasteiger partial charge in [-0.15, -0.1) is 0 Å². The van der Waals surface area contributed by atoms with E-state index in [4.69, 9.17) is 9.47 Å². The van der Waals surface area contributed by atoms with Crippen LogP contribution < -0.4 is 5.32 Å². The van der Waals surface area contributed by atoms with Crippen LogP contribution in [0.3, 0.4) is 0 Å². The van der Waals surface area contributed by atoms with Gasteiger partial charge in [0.2, 0.25) is 0 Å².